The van der Waals surface area contributed by atoms with Crippen LogP contribution in [-0.4, -0.2) is 22.0 Å². The summed E-state index contributed by atoms with van der Waals surface area (Å²) in [6, 6.07) is 7.39. The minimum Gasteiger partial charge on any atom is -0.444 e. The van der Waals surface area contributed by atoms with Crippen LogP contribution in [0.4, 0.5) is 0 Å². The van der Waals surface area contributed by atoms with Gasteiger partial charge in [0.2, 0.25) is 0 Å². The first-order chi connectivity index (χ1) is 10.6. The van der Waals surface area contributed by atoms with E-state index in [0.29, 0.717) is 23.4 Å². The number of rotatable bonds is 5. The second-order valence-corrected chi connectivity index (χ2v) is 6.47. The minimum absolute atomic E-state index is 0.224. The van der Waals surface area contributed by atoms with E-state index in [1.165, 1.54) is 0 Å². The average molecular weight is 380 g/mol. The number of carbonyl (C=O) groups is 1. The van der Waals surface area contributed by atoms with Crippen LogP contribution >= 0.6 is 27.3 Å². The Morgan fingerprint density at radius 2 is 2.32 bits per heavy atom. The number of nitrogens with zero attached hydrogens (tertiary/aromatic N) is 2. The lowest BCUT2D eigenvalue weighted by Gasteiger charge is -2.03. The van der Waals surface area contributed by atoms with Crippen LogP contribution in [0.15, 0.2) is 44.9 Å². The monoisotopic (exact) mass is 379 g/mol. The molecule has 5 nitrogen and oxygen atoms in total. The van der Waals surface area contributed by atoms with Crippen LogP contribution < -0.4 is 5.32 Å². The van der Waals surface area contributed by atoms with E-state index in [9.17, 15) is 4.79 Å². The van der Waals surface area contributed by atoms with Gasteiger partial charge in [0, 0.05) is 26.2 Å². The number of carbonyl (C=O) groups excluding carboxylic acids is 1. The van der Waals surface area contributed by atoms with E-state index in [1.807, 2.05) is 35.3 Å². The molecule has 3 heterocycles. The molecule has 22 heavy (non-hydrogen) atoms. The Morgan fingerprint density at radius 3 is 3.00 bits per heavy atom. The standard InChI is InChI=1S/C15H14BrN3O2S/c1-19-9-10(12-3-2-8-22-12)18-14(19)6-7-17-15(20)11-4-5-13(16)21-11/h2-5,8-9H,6-7H2,1H3,(H,17,20). The number of thiophene rings is 1. The molecule has 0 bridgehead atoms. The van der Waals surface area contributed by atoms with Crippen LogP contribution in [0.1, 0.15) is 16.4 Å². The number of nitrogens with one attached hydrogen (secondary N) is 1. The lowest BCUT2D eigenvalue weighted by molar-refractivity contribution is 0.0925. The molecule has 0 aliphatic heterocycles. The maximum atomic E-state index is 11.9. The van der Waals surface area contributed by atoms with Crippen LogP contribution in [0.2, 0.25) is 0 Å². The van der Waals surface area contributed by atoms with Crippen molar-refractivity contribution in [3.63, 3.8) is 0 Å². The number of halogens is 1. The van der Waals surface area contributed by atoms with Gasteiger partial charge < -0.3 is 14.3 Å². The van der Waals surface area contributed by atoms with E-state index in [0.717, 1.165) is 16.4 Å². The topological polar surface area (TPSA) is 60.1 Å². The van der Waals surface area contributed by atoms with Crippen molar-refractivity contribution in [2.45, 2.75) is 6.42 Å². The van der Waals surface area contributed by atoms with E-state index in [4.69, 9.17) is 4.42 Å². The van der Waals surface area contributed by atoms with Gasteiger partial charge in [-0.2, -0.15) is 0 Å². The molecule has 0 aromatic carbocycles. The third kappa shape index (κ3) is 3.31. The smallest absolute Gasteiger partial charge is 0.287 e. The van der Waals surface area contributed by atoms with Gasteiger partial charge in [-0.25, -0.2) is 4.98 Å². The van der Waals surface area contributed by atoms with E-state index < -0.39 is 0 Å². The second-order valence-electron chi connectivity index (χ2n) is 4.74. The summed E-state index contributed by atoms with van der Waals surface area (Å²) < 4.78 is 7.74. The highest BCUT2D eigenvalue weighted by Crippen LogP contribution is 2.23. The van der Waals surface area contributed by atoms with Gasteiger partial charge >= 0.3 is 0 Å². The summed E-state index contributed by atoms with van der Waals surface area (Å²) >= 11 is 4.84. The highest BCUT2D eigenvalue weighted by atomic mass is 79.9. The maximum absolute atomic E-state index is 11.9. The van der Waals surface area contributed by atoms with Gasteiger partial charge in [0.25, 0.3) is 5.91 Å². The van der Waals surface area contributed by atoms with Crippen molar-refractivity contribution < 1.29 is 9.21 Å². The molecule has 7 heteroatoms. The Kier molecular flexibility index (Phi) is 4.44. The molecule has 0 saturated carbocycles. The molecule has 3 aromatic heterocycles. The fraction of sp³-hybridized carbons (Fsp3) is 0.200. The van der Waals surface area contributed by atoms with Gasteiger partial charge in [-0.15, -0.1) is 11.3 Å². The highest BCUT2D eigenvalue weighted by Gasteiger charge is 2.11. The molecule has 0 fully saturated rings. The van der Waals surface area contributed by atoms with Crippen LogP contribution in [0.3, 0.4) is 0 Å². The van der Waals surface area contributed by atoms with E-state index in [-0.39, 0.29) is 5.91 Å². The molecule has 0 aliphatic carbocycles. The largest absolute Gasteiger partial charge is 0.444 e. The van der Waals surface area contributed by atoms with Crippen molar-refractivity contribution >= 4 is 33.2 Å². The number of amides is 1. The van der Waals surface area contributed by atoms with Crippen LogP contribution in [-0.2, 0) is 13.5 Å². The number of hydrogen-bond donors (Lipinski definition) is 1. The fourth-order valence-electron chi connectivity index (χ4n) is 2.09. The normalized spacial score (nSPS) is 10.8. The van der Waals surface area contributed by atoms with Crippen molar-refractivity contribution in [3.05, 3.63) is 52.1 Å². The SMILES string of the molecule is Cn1cc(-c2cccs2)nc1CCNC(=O)c1ccc(Br)o1. The zero-order chi connectivity index (χ0) is 15.5. The molecule has 114 valence electrons. The summed E-state index contributed by atoms with van der Waals surface area (Å²) in [5.41, 5.74) is 0.966. The molecule has 3 aromatic rings. The Hall–Kier alpha value is -1.86. The number of imidazole rings is 1. The lowest BCUT2D eigenvalue weighted by atomic mass is 10.3. The van der Waals surface area contributed by atoms with Gasteiger partial charge in [-0.3, -0.25) is 4.79 Å². The molecular formula is C15H14BrN3O2S. The Labute approximate surface area is 140 Å². The number of aromatic nitrogens is 2. The number of hydrogen-bond acceptors (Lipinski definition) is 4. The second kappa shape index (κ2) is 6.50. The van der Waals surface area contributed by atoms with Gasteiger partial charge in [0.1, 0.15) is 5.82 Å². The van der Waals surface area contributed by atoms with Gasteiger partial charge in [0.15, 0.2) is 10.4 Å². The zero-order valence-electron chi connectivity index (χ0n) is 11.9. The van der Waals surface area contributed by atoms with E-state index in [2.05, 4.69) is 26.2 Å². The zero-order valence-corrected chi connectivity index (χ0v) is 14.3. The highest BCUT2D eigenvalue weighted by molar-refractivity contribution is 9.10. The van der Waals surface area contributed by atoms with Crippen LogP contribution in [0.25, 0.3) is 10.6 Å². The molecule has 1 N–H and O–H groups in total. The Morgan fingerprint density at radius 1 is 1.45 bits per heavy atom. The number of furan rings is 1. The fourth-order valence-corrected chi connectivity index (χ4v) is 3.08. The Balaban J connectivity index is 1.59. The maximum Gasteiger partial charge on any atom is 0.287 e. The molecule has 1 amide bonds. The summed E-state index contributed by atoms with van der Waals surface area (Å²) in [4.78, 5) is 17.6. The third-order valence-electron chi connectivity index (χ3n) is 3.18. The van der Waals surface area contributed by atoms with Crippen LogP contribution in [0.5, 0.6) is 0 Å². The molecule has 0 saturated heterocycles. The van der Waals surface area contributed by atoms with Crippen molar-refractivity contribution in [1.29, 1.82) is 0 Å². The summed E-state index contributed by atoms with van der Waals surface area (Å²) in [5.74, 6) is 1.01. The number of aryl methyl sites for hydroxylation is 1. The third-order valence-corrected chi connectivity index (χ3v) is 4.50. The minimum atomic E-state index is -0.224. The van der Waals surface area contributed by atoms with Gasteiger partial charge in [-0.05, 0) is 39.5 Å². The van der Waals surface area contributed by atoms with Crippen molar-refractivity contribution in [2.24, 2.45) is 7.05 Å². The predicted molar refractivity (Wildman–Crippen MR) is 89.0 cm³/mol. The quantitative estimate of drug-likeness (QED) is 0.737. The molecule has 3 rings (SSSR count). The first-order valence-electron chi connectivity index (χ1n) is 6.73. The molecule has 0 atom stereocenters. The van der Waals surface area contributed by atoms with E-state index in [1.54, 1.807) is 23.5 Å². The van der Waals surface area contributed by atoms with Crippen molar-refractivity contribution in [2.75, 3.05) is 6.54 Å². The van der Waals surface area contributed by atoms with Crippen molar-refractivity contribution in [3.8, 4) is 10.6 Å². The van der Waals surface area contributed by atoms with E-state index >= 15 is 0 Å². The molecular weight excluding hydrogens is 366 g/mol. The van der Waals surface area contributed by atoms with Crippen molar-refractivity contribution in [1.82, 2.24) is 14.9 Å². The molecule has 0 unspecified atom stereocenters. The summed E-state index contributed by atoms with van der Waals surface area (Å²) in [6.45, 7) is 0.506. The summed E-state index contributed by atoms with van der Waals surface area (Å²) in [5, 5.41) is 4.86. The first kappa shape index (κ1) is 15.1. The molecule has 0 aliphatic rings. The Bertz CT molecular complexity index is 777. The molecule has 0 radical (unpaired) electrons. The lowest BCUT2D eigenvalue weighted by Crippen LogP contribution is -2.25. The predicted octanol–water partition coefficient (Wildman–Crippen LogP) is 3.48. The summed E-state index contributed by atoms with van der Waals surface area (Å²) in [6.07, 6.45) is 2.67. The van der Waals surface area contributed by atoms with Crippen LogP contribution in [0, 0.1) is 0 Å². The summed E-state index contributed by atoms with van der Waals surface area (Å²) in [7, 11) is 1.96. The average Bonchev–Trinajstić information content (AvgIpc) is 3.20. The first-order valence-corrected chi connectivity index (χ1v) is 8.40. The van der Waals surface area contributed by atoms with Gasteiger partial charge in [-0.1, -0.05) is 6.07 Å². The van der Waals surface area contributed by atoms with Gasteiger partial charge in [0.05, 0.1) is 10.6 Å². The molecule has 0 spiro atoms.